The highest BCUT2D eigenvalue weighted by Crippen LogP contribution is 2.31. The maximum atomic E-state index is 5.87. The summed E-state index contributed by atoms with van der Waals surface area (Å²) in [6.07, 6.45) is 2.11. The van der Waals surface area contributed by atoms with Gasteiger partial charge in [0.15, 0.2) is 11.4 Å². The molecule has 100 valence electrons. The van der Waals surface area contributed by atoms with Crippen LogP contribution in [0.25, 0.3) is 0 Å². The quantitative estimate of drug-likeness (QED) is 0.906. The predicted octanol–water partition coefficient (Wildman–Crippen LogP) is 2.13. The van der Waals surface area contributed by atoms with Crippen molar-refractivity contribution in [1.82, 2.24) is 15.0 Å². The smallest absolute Gasteiger partial charge is 0.249 e. The molecule has 0 amide bonds. The van der Waals surface area contributed by atoms with Gasteiger partial charge in [0.2, 0.25) is 11.8 Å². The molecule has 0 fully saturated rings. The van der Waals surface area contributed by atoms with Crippen LogP contribution in [0.5, 0.6) is 17.5 Å². The van der Waals surface area contributed by atoms with Gasteiger partial charge in [-0.15, -0.1) is 0 Å². The van der Waals surface area contributed by atoms with E-state index in [1.54, 1.807) is 0 Å². The molecule has 6 nitrogen and oxygen atoms in total. The average molecular weight is 260 g/mol. The van der Waals surface area contributed by atoms with Crippen molar-refractivity contribution in [3.05, 3.63) is 29.8 Å². The lowest BCUT2D eigenvalue weighted by atomic mass is 10.2. The Morgan fingerprint density at radius 3 is 2.63 bits per heavy atom. The van der Waals surface area contributed by atoms with Crippen molar-refractivity contribution in [1.29, 1.82) is 0 Å². The predicted molar refractivity (Wildman–Crippen MR) is 71.4 cm³/mol. The molecule has 0 spiro atoms. The third kappa shape index (κ3) is 2.73. The van der Waals surface area contributed by atoms with Crippen molar-refractivity contribution >= 4 is 5.69 Å². The topological polar surface area (TPSA) is 83.2 Å². The number of nitrogen functional groups attached to an aromatic ring is 1. The van der Waals surface area contributed by atoms with Gasteiger partial charge >= 0.3 is 0 Å². The normalized spacial score (nSPS) is 10.3. The van der Waals surface area contributed by atoms with E-state index in [1.165, 1.54) is 13.4 Å². The van der Waals surface area contributed by atoms with Crippen molar-refractivity contribution < 1.29 is 9.47 Å². The molecule has 0 saturated carbocycles. The minimum absolute atomic E-state index is 0.271. The number of anilines is 1. The minimum Gasteiger partial charge on any atom is -0.479 e. The molecule has 0 aliphatic carbocycles. The first kappa shape index (κ1) is 13.1. The molecule has 2 aromatic rings. The summed E-state index contributed by atoms with van der Waals surface area (Å²) in [6.45, 7) is 3.95. The van der Waals surface area contributed by atoms with Gasteiger partial charge in [-0.2, -0.15) is 9.97 Å². The molecule has 0 aromatic carbocycles. The fraction of sp³-hybridized carbons (Fsp3) is 0.308. The Kier molecular flexibility index (Phi) is 3.79. The molecule has 0 radical (unpaired) electrons. The standard InChI is InChI=1S/C13H16N4O2/c1-4-9-10(6-5-8(2)17-9)19-13-11(14)12(18-3)15-7-16-13/h5-7H,4,14H2,1-3H3. The molecule has 2 N–H and O–H groups in total. The lowest BCUT2D eigenvalue weighted by Crippen LogP contribution is -2.02. The second-order valence-corrected chi connectivity index (χ2v) is 3.95. The maximum Gasteiger partial charge on any atom is 0.249 e. The first-order valence-electron chi connectivity index (χ1n) is 5.94. The van der Waals surface area contributed by atoms with Crippen LogP contribution in [0.3, 0.4) is 0 Å². The zero-order chi connectivity index (χ0) is 13.8. The Balaban J connectivity index is 2.36. The lowest BCUT2D eigenvalue weighted by Gasteiger charge is -2.11. The Labute approximate surface area is 111 Å². The first-order chi connectivity index (χ1) is 9.15. The molecule has 0 atom stereocenters. The summed E-state index contributed by atoms with van der Waals surface area (Å²) in [6, 6.07) is 3.73. The van der Waals surface area contributed by atoms with E-state index in [0.29, 0.717) is 11.6 Å². The van der Waals surface area contributed by atoms with E-state index in [-0.39, 0.29) is 11.6 Å². The van der Waals surface area contributed by atoms with Crippen LogP contribution in [0.2, 0.25) is 0 Å². The molecule has 2 heterocycles. The highest BCUT2D eigenvalue weighted by Gasteiger charge is 2.12. The number of pyridine rings is 1. The Bertz CT molecular complexity index is 587. The largest absolute Gasteiger partial charge is 0.479 e. The van der Waals surface area contributed by atoms with Crippen LogP contribution >= 0.6 is 0 Å². The van der Waals surface area contributed by atoms with Gasteiger partial charge in [0.25, 0.3) is 0 Å². The second kappa shape index (κ2) is 5.51. The Morgan fingerprint density at radius 2 is 1.95 bits per heavy atom. The minimum atomic E-state index is 0.271. The first-order valence-corrected chi connectivity index (χ1v) is 5.94. The van der Waals surface area contributed by atoms with Crippen LogP contribution in [0, 0.1) is 6.92 Å². The van der Waals surface area contributed by atoms with E-state index >= 15 is 0 Å². The third-order valence-electron chi connectivity index (χ3n) is 2.62. The number of methoxy groups -OCH3 is 1. The van der Waals surface area contributed by atoms with Gasteiger partial charge in [-0.05, 0) is 25.5 Å². The number of nitrogens with two attached hydrogens (primary N) is 1. The number of nitrogens with zero attached hydrogens (tertiary/aromatic N) is 3. The van der Waals surface area contributed by atoms with Gasteiger partial charge in [0, 0.05) is 5.69 Å². The van der Waals surface area contributed by atoms with Gasteiger partial charge in [0.1, 0.15) is 6.33 Å². The highest BCUT2D eigenvalue weighted by atomic mass is 16.5. The summed E-state index contributed by atoms with van der Waals surface area (Å²) in [7, 11) is 1.49. The number of rotatable bonds is 4. The van der Waals surface area contributed by atoms with Crippen molar-refractivity contribution in [2.24, 2.45) is 0 Å². The fourth-order valence-electron chi connectivity index (χ4n) is 1.66. The van der Waals surface area contributed by atoms with Crippen LogP contribution in [0.1, 0.15) is 18.3 Å². The second-order valence-electron chi connectivity index (χ2n) is 3.95. The number of hydrogen-bond donors (Lipinski definition) is 1. The van der Waals surface area contributed by atoms with Gasteiger partial charge in [-0.3, -0.25) is 4.98 Å². The highest BCUT2D eigenvalue weighted by molar-refractivity contribution is 5.57. The summed E-state index contributed by atoms with van der Waals surface area (Å²) in [5, 5.41) is 0. The van der Waals surface area contributed by atoms with E-state index in [2.05, 4.69) is 15.0 Å². The lowest BCUT2D eigenvalue weighted by molar-refractivity contribution is 0.391. The molecule has 0 saturated heterocycles. The molecular weight excluding hydrogens is 244 g/mol. The van der Waals surface area contributed by atoms with E-state index in [0.717, 1.165) is 17.8 Å². The molecule has 2 aromatic heterocycles. The zero-order valence-corrected chi connectivity index (χ0v) is 11.2. The third-order valence-corrected chi connectivity index (χ3v) is 2.62. The fourth-order valence-corrected chi connectivity index (χ4v) is 1.66. The Morgan fingerprint density at radius 1 is 1.21 bits per heavy atom. The number of aromatic nitrogens is 3. The van der Waals surface area contributed by atoms with Crippen LogP contribution in [0.15, 0.2) is 18.5 Å². The van der Waals surface area contributed by atoms with Crippen molar-refractivity contribution in [2.45, 2.75) is 20.3 Å². The van der Waals surface area contributed by atoms with Crippen LogP contribution in [0.4, 0.5) is 5.69 Å². The molecule has 0 aliphatic rings. The maximum absolute atomic E-state index is 5.87. The molecule has 0 aliphatic heterocycles. The van der Waals surface area contributed by atoms with Crippen molar-refractivity contribution in [2.75, 3.05) is 12.8 Å². The summed E-state index contributed by atoms with van der Waals surface area (Å²) < 4.78 is 10.7. The van der Waals surface area contributed by atoms with E-state index in [4.69, 9.17) is 15.2 Å². The zero-order valence-electron chi connectivity index (χ0n) is 11.2. The van der Waals surface area contributed by atoms with Crippen molar-refractivity contribution in [3.8, 4) is 17.5 Å². The number of aryl methyl sites for hydroxylation is 2. The summed E-state index contributed by atoms with van der Waals surface area (Å²) in [4.78, 5) is 12.3. The summed E-state index contributed by atoms with van der Waals surface area (Å²) in [5.74, 6) is 1.20. The SMILES string of the molecule is CCc1nc(C)ccc1Oc1ncnc(OC)c1N. The summed E-state index contributed by atoms with van der Waals surface area (Å²) >= 11 is 0. The van der Waals surface area contributed by atoms with E-state index in [1.807, 2.05) is 26.0 Å². The molecule has 19 heavy (non-hydrogen) atoms. The van der Waals surface area contributed by atoms with Crippen molar-refractivity contribution in [3.63, 3.8) is 0 Å². The molecule has 2 rings (SSSR count). The average Bonchev–Trinajstić information content (AvgIpc) is 2.42. The van der Waals surface area contributed by atoms with Crippen LogP contribution < -0.4 is 15.2 Å². The number of hydrogen-bond acceptors (Lipinski definition) is 6. The van der Waals surface area contributed by atoms with E-state index < -0.39 is 0 Å². The summed E-state index contributed by atoms with van der Waals surface area (Å²) in [5.41, 5.74) is 7.94. The molecule has 0 bridgehead atoms. The van der Waals surface area contributed by atoms with Gasteiger partial charge in [0.05, 0.1) is 12.8 Å². The van der Waals surface area contributed by atoms with Gasteiger partial charge in [-0.1, -0.05) is 6.92 Å². The monoisotopic (exact) mass is 260 g/mol. The van der Waals surface area contributed by atoms with Crippen LogP contribution in [-0.2, 0) is 6.42 Å². The number of ether oxygens (including phenoxy) is 2. The van der Waals surface area contributed by atoms with Gasteiger partial charge in [-0.25, -0.2) is 0 Å². The molecular formula is C13H16N4O2. The molecule has 0 unspecified atom stereocenters. The Hall–Kier alpha value is -2.37. The van der Waals surface area contributed by atoms with Gasteiger partial charge < -0.3 is 15.2 Å². The van der Waals surface area contributed by atoms with Crippen LogP contribution in [-0.4, -0.2) is 22.1 Å². The molecule has 6 heteroatoms. The van der Waals surface area contributed by atoms with E-state index in [9.17, 15) is 0 Å².